The first-order valence-corrected chi connectivity index (χ1v) is 9.13. The van der Waals surface area contributed by atoms with Gasteiger partial charge < -0.3 is 15.0 Å². The highest BCUT2D eigenvalue weighted by Crippen LogP contribution is 2.16. The number of carbonyl (C=O) groups excluding carboxylic acids is 1. The fourth-order valence-electron chi connectivity index (χ4n) is 2.50. The molecule has 0 saturated carbocycles. The zero-order valence-corrected chi connectivity index (χ0v) is 16.5. The standard InChI is InChI=1S/C15H23N3O4S.2ClH/c1-22-15(19)13-5-2-3-6-14(13)23(20,21)17-7-4-10-18-11-8-16-9-12-18;;/h2-3,5-6,16-17H,4,7-12H2,1H3;2*1H. The summed E-state index contributed by atoms with van der Waals surface area (Å²) in [6.07, 6.45) is 0.722. The van der Waals surface area contributed by atoms with E-state index < -0.39 is 16.0 Å². The third-order valence-corrected chi connectivity index (χ3v) is 5.25. The van der Waals surface area contributed by atoms with Gasteiger partial charge in [0, 0.05) is 32.7 Å². The molecule has 1 heterocycles. The Morgan fingerprint density at radius 1 is 1.24 bits per heavy atom. The van der Waals surface area contributed by atoms with Crippen molar-refractivity contribution in [2.75, 3.05) is 46.4 Å². The second-order valence-electron chi connectivity index (χ2n) is 5.33. The molecule has 1 aliphatic heterocycles. The topological polar surface area (TPSA) is 87.7 Å². The normalized spacial score (nSPS) is 14.9. The molecule has 144 valence electrons. The number of rotatable bonds is 7. The molecule has 7 nitrogen and oxygen atoms in total. The molecule has 1 aromatic carbocycles. The smallest absolute Gasteiger partial charge is 0.339 e. The van der Waals surface area contributed by atoms with Crippen LogP contribution < -0.4 is 10.0 Å². The van der Waals surface area contributed by atoms with Crippen molar-refractivity contribution >= 4 is 40.8 Å². The predicted molar refractivity (Wildman–Crippen MR) is 101 cm³/mol. The highest BCUT2D eigenvalue weighted by Gasteiger charge is 2.22. The lowest BCUT2D eigenvalue weighted by Gasteiger charge is -2.27. The molecule has 2 rings (SSSR count). The number of sulfonamides is 1. The van der Waals surface area contributed by atoms with Crippen LogP contribution in [0.1, 0.15) is 16.8 Å². The van der Waals surface area contributed by atoms with E-state index in [2.05, 4.69) is 19.7 Å². The van der Waals surface area contributed by atoms with E-state index >= 15 is 0 Å². The Morgan fingerprint density at radius 3 is 2.52 bits per heavy atom. The van der Waals surface area contributed by atoms with Crippen LogP contribution >= 0.6 is 24.8 Å². The average Bonchev–Trinajstić information content (AvgIpc) is 2.59. The van der Waals surface area contributed by atoms with E-state index in [0.717, 1.165) is 39.1 Å². The number of hydrogen-bond donors (Lipinski definition) is 2. The van der Waals surface area contributed by atoms with Crippen LogP contribution in [0.3, 0.4) is 0 Å². The third-order valence-electron chi connectivity index (χ3n) is 3.73. The summed E-state index contributed by atoms with van der Waals surface area (Å²) in [4.78, 5) is 13.9. The van der Waals surface area contributed by atoms with Crippen LogP contribution in [0, 0.1) is 0 Å². The lowest BCUT2D eigenvalue weighted by molar-refractivity contribution is 0.0596. The van der Waals surface area contributed by atoms with Gasteiger partial charge in [0.25, 0.3) is 0 Å². The van der Waals surface area contributed by atoms with Crippen molar-refractivity contribution in [2.45, 2.75) is 11.3 Å². The molecule has 0 spiro atoms. The molecule has 1 aromatic rings. The molecule has 1 fully saturated rings. The second kappa shape index (κ2) is 11.7. The van der Waals surface area contributed by atoms with Crippen molar-refractivity contribution in [3.8, 4) is 0 Å². The summed E-state index contributed by atoms with van der Waals surface area (Å²) in [6, 6.07) is 6.05. The van der Waals surface area contributed by atoms with E-state index in [1.807, 2.05) is 0 Å². The predicted octanol–water partition coefficient (Wildman–Crippen LogP) is 0.890. The van der Waals surface area contributed by atoms with Crippen molar-refractivity contribution in [2.24, 2.45) is 0 Å². The lowest BCUT2D eigenvalue weighted by Crippen LogP contribution is -2.44. The number of benzene rings is 1. The van der Waals surface area contributed by atoms with E-state index in [0.29, 0.717) is 6.54 Å². The highest BCUT2D eigenvalue weighted by molar-refractivity contribution is 7.89. The van der Waals surface area contributed by atoms with E-state index in [9.17, 15) is 13.2 Å². The third kappa shape index (κ3) is 7.08. The van der Waals surface area contributed by atoms with E-state index in [4.69, 9.17) is 0 Å². The maximum Gasteiger partial charge on any atom is 0.339 e. The fourth-order valence-corrected chi connectivity index (χ4v) is 3.77. The van der Waals surface area contributed by atoms with Crippen molar-refractivity contribution in [3.63, 3.8) is 0 Å². The summed E-state index contributed by atoms with van der Waals surface area (Å²) < 4.78 is 32.0. The van der Waals surface area contributed by atoms with E-state index in [-0.39, 0.29) is 35.3 Å². The van der Waals surface area contributed by atoms with Gasteiger partial charge in [-0.15, -0.1) is 24.8 Å². The molecule has 0 atom stereocenters. The first-order valence-electron chi connectivity index (χ1n) is 7.64. The quantitative estimate of drug-likeness (QED) is 0.509. The van der Waals surface area contributed by atoms with Gasteiger partial charge in [-0.2, -0.15) is 0 Å². The number of nitrogens with one attached hydrogen (secondary N) is 2. The summed E-state index contributed by atoms with van der Waals surface area (Å²) in [5, 5.41) is 3.28. The lowest BCUT2D eigenvalue weighted by atomic mass is 10.2. The Hall–Kier alpha value is -0.900. The van der Waals surface area contributed by atoms with Gasteiger partial charge in [0.05, 0.1) is 17.6 Å². The number of esters is 1. The average molecular weight is 414 g/mol. The zero-order valence-electron chi connectivity index (χ0n) is 14.1. The van der Waals surface area contributed by atoms with Gasteiger partial charge in [0.1, 0.15) is 0 Å². The van der Waals surface area contributed by atoms with E-state index in [1.54, 1.807) is 12.1 Å². The maximum absolute atomic E-state index is 12.4. The Bertz CT molecular complexity index is 637. The monoisotopic (exact) mass is 413 g/mol. The maximum atomic E-state index is 12.4. The molecule has 1 aliphatic rings. The van der Waals surface area contributed by atoms with Crippen molar-refractivity contribution in [1.29, 1.82) is 0 Å². The molecule has 10 heteroatoms. The van der Waals surface area contributed by atoms with Gasteiger partial charge in [0.2, 0.25) is 10.0 Å². The van der Waals surface area contributed by atoms with Crippen LogP contribution in [0.4, 0.5) is 0 Å². The second-order valence-corrected chi connectivity index (χ2v) is 7.07. The SMILES string of the molecule is COC(=O)c1ccccc1S(=O)(=O)NCCCN1CCNCC1.Cl.Cl. The first kappa shape index (κ1) is 24.1. The van der Waals surface area contributed by atoms with Crippen LogP contribution in [-0.2, 0) is 14.8 Å². The number of nitrogens with zero attached hydrogens (tertiary/aromatic N) is 1. The van der Waals surface area contributed by atoms with Gasteiger partial charge in [0.15, 0.2) is 0 Å². The van der Waals surface area contributed by atoms with Gasteiger partial charge >= 0.3 is 5.97 Å². The molecular formula is C15H25Cl2N3O4S. The van der Waals surface area contributed by atoms with E-state index in [1.165, 1.54) is 19.2 Å². The number of methoxy groups -OCH3 is 1. The molecule has 0 unspecified atom stereocenters. The van der Waals surface area contributed by atoms with Gasteiger partial charge in [-0.05, 0) is 25.1 Å². The van der Waals surface area contributed by atoms with Gasteiger partial charge in [-0.25, -0.2) is 17.9 Å². The summed E-state index contributed by atoms with van der Waals surface area (Å²) >= 11 is 0. The molecule has 1 saturated heterocycles. The summed E-state index contributed by atoms with van der Waals surface area (Å²) in [6.45, 7) is 5.09. The minimum absolute atomic E-state index is 0. The van der Waals surface area contributed by atoms with Crippen molar-refractivity contribution in [1.82, 2.24) is 14.9 Å². The Labute approximate surface area is 161 Å². The Morgan fingerprint density at radius 2 is 1.88 bits per heavy atom. The molecular weight excluding hydrogens is 389 g/mol. The fraction of sp³-hybridized carbons (Fsp3) is 0.533. The number of halogens is 2. The van der Waals surface area contributed by atoms with Crippen LogP contribution in [-0.4, -0.2) is 65.7 Å². The molecule has 0 aliphatic carbocycles. The van der Waals surface area contributed by atoms with Crippen LogP contribution in [0.2, 0.25) is 0 Å². The van der Waals surface area contributed by atoms with Crippen molar-refractivity contribution in [3.05, 3.63) is 29.8 Å². The minimum Gasteiger partial charge on any atom is -0.465 e. The Balaban J connectivity index is 0.00000288. The molecule has 0 radical (unpaired) electrons. The minimum atomic E-state index is -3.73. The molecule has 2 N–H and O–H groups in total. The molecule has 0 aromatic heterocycles. The highest BCUT2D eigenvalue weighted by atomic mass is 35.5. The zero-order chi connectivity index (χ0) is 16.7. The summed E-state index contributed by atoms with van der Waals surface area (Å²) in [7, 11) is -2.50. The van der Waals surface area contributed by atoms with Gasteiger partial charge in [-0.1, -0.05) is 12.1 Å². The summed E-state index contributed by atoms with van der Waals surface area (Å²) in [5.74, 6) is -0.660. The first-order chi connectivity index (χ1) is 11.0. The van der Waals surface area contributed by atoms with Crippen LogP contribution in [0.25, 0.3) is 0 Å². The Kier molecular flexibility index (Phi) is 11.2. The largest absolute Gasteiger partial charge is 0.465 e. The molecule has 0 amide bonds. The number of carbonyl (C=O) groups is 1. The number of ether oxygens (including phenoxy) is 1. The van der Waals surface area contributed by atoms with Crippen LogP contribution in [0.15, 0.2) is 29.2 Å². The van der Waals surface area contributed by atoms with Crippen molar-refractivity contribution < 1.29 is 17.9 Å². The van der Waals surface area contributed by atoms with Gasteiger partial charge in [-0.3, -0.25) is 0 Å². The molecule has 25 heavy (non-hydrogen) atoms. The summed E-state index contributed by atoms with van der Waals surface area (Å²) in [5.41, 5.74) is 0.0459. The molecule has 0 bridgehead atoms. The van der Waals surface area contributed by atoms with Crippen LogP contribution in [0.5, 0.6) is 0 Å². The number of piperazine rings is 1. The number of hydrogen-bond acceptors (Lipinski definition) is 6.